The highest BCUT2D eigenvalue weighted by Gasteiger charge is 2.27. The monoisotopic (exact) mass is 269 g/mol. The van der Waals surface area contributed by atoms with Crippen LogP contribution < -0.4 is 5.32 Å². The predicted octanol–water partition coefficient (Wildman–Crippen LogP) is -2.39. The highest BCUT2D eigenvalue weighted by atomic mass is 32.2. The van der Waals surface area contributed by atoms with Gasteiger partial charge in [0.15, 0.2) is 9.84 Å². The fourth-order valence-electron chi connectivity index (χ4n) is 0.929. The van der Waals surface area contributed by atoms with E-state index in [1.54, 1.807) is 0 Å². The maximum Gasteiger partial charge on any atom is 0.321 e. The molecule has 0 aromatic carbocycles. The zero-order valence-corrected chi connectivity index (χ0v) is 9.31. The fourth-order valence-corrected chi connectivity index (χ4v) is 2.19. The molecule has 0 radical (unpaired) electrons. The molecule has 17 heavy (non-hydrogen) atoms. The molecule has 0 bridgehead atoms. The Balaban J connectivity index is 4.59. The molecule has 0 unspecified atom stereocenters. The molecule has 0 saturated heterocycles. The van der Waals surface area contributed by atoms with Gasteiger partial charge in [0, 0.05) is 0 Å². The summed E-state index contributed by atoms with van der Waals surface area (Å²) >= 11 is 0. The zero-order valence-electron chi connectivity index (χ0n) is 8.49. The molecule has 0 aliphatic rings. The normalized spacial score (nSPS) is 12.9. The van der Waals surface area contributed by atoms with Crippen LogP contribution in [0, 0.1) is 0 Å². The predicted molar refractivity (Wildman–Crippen MR) is 53.4 cm³/mol. The first-order valence-electron chi connectivity index (χ1n) is 4.24. The lowest BCUT2D eigenvalue weighted by Crippen LogP contribution is -2.45. The quantitative estimate of drug-likeness (QED) is 0.377. The van der Waals surface area contributed by atoms with E-state index in [4.69, 9.17) is 15.3 Å². The van der Waals surface area contributed by atoms with Crippen LogP contribution in [0.15, 0.2) is 0 Å². The Hall–Kier alpha value is -1.68. The van der Waals surface area contributed by atoms with Gasteiger partial charge < -0.3 is 15.3 Å². The average molecular weight is 269 g/mol. The Labute approximate surface area is 96.0 Å². The minimum atomic E-state index is -4.11. The number of carbonyl (C=O) groups is 3. The molecule has 0 heterocycles. The molecule has 98 valence electrons. The second-order valence-electron chi connectivity index (χ2n) is 3.11. The molecule has 0 spiro atoms. The van der Waals surface area contributed by atoms with Crippen LogP contribution in [0.3, 0.4) is 0 Å². The Morgan fingerprint density at radius 1 is 1.06 bits per heavy atom. The molecule has 9 nitrogen and oxygen atoms in total. The van der Waals surface area contributed by atoms with Crippen LogP contribution in [-0.2, 0) is 24.2 Å². The molecular formula is C7H11NO8S. The van der Waals surface area contributed by atoms with Gasteiger partial charge in [0.25, 0.3) is 0 Å². The second kappa shape index (κ2) is 6.15. The molecular weight excluding hydrogens is 258 g/mol. The van der Waals surface area contributed by atoms with Gasteiger partial charge in [0.2, 0.25) is 0 Å². The number of hydrogen-bond acceptors (Lipinski definition) is 6. The topological polar surface area (TPSA) is 158 Å². The zero-order chi connectivity index (χ0) is 13.6. The average Bonchev–Trinajstić information content (AvgIpc) is 2.09. The summed E-state index contributed by atoms with van der Waals surface area (Å²) in [5.41, 5.74) is 0. The van der Waals surface area contributed by atoms with E-state index >= 15 is 0 Å². The molecule has 0 rings (SSSR count). The number of aliphatic carboxylic acids is 3. The van der Waals surface area contributed by atoms with Crippen LogP contribution in [0.1, 0.15) is 0 Å². The van der Waals surface area contributed by atoms with Crippen molar-refractivity contribution in [2.45, 2.75) is 6.04 Å². The Morgan fingerprint density at radius 3 is 1.94 bits per heavy atom. The maximum atomic E-state index is 11.2. The first-order chi connectivity index (χ1) is 7.64. The molecule has 0 saturated carbocycles. The van der Waals surface area contributed by atoms with Crippen LogP contribution >= 0.6 is 0 Å². The highest BCUT2D eigenvalue weighted by Crippen LogP contribution is 1.96. The highest BCUT2D eigenvalue weighted by molar-refractivity contribution is 7.92. The lowest BCUT2D eigenvalue weighted by molar-refractivity contribution is -0.140. The van der Waals surface area contributed by atoms with Crippen molar-refractivity contribution < 1.29 is 38.1 Å². The lowest BCUT2D eigenvalue weighted by Gasteiger charge is -2.12. The van der Waals surface area contributed by atoms with Crippen molar-refractivity contribution in [1.29, 1.82) is 0 Å². The SMILES string of the molecule is O=C(O)CN[C@@H](CS(=O)(=O)CC(=O)O)C(=O)O. The molecule has 0 aromatic rings. The van der Waals surface area contributed by atoms with Crippen molar-refractivity contribution in [2.75, 3.05) is 18.1 Å². The summed E-state index contributed by atoms with van der Waals surface area (Å²) in [4.78, 5) is 31.0. The van der Waals surface area contributed by atoms with Crippen molar-refractivity contribution in [1.82, 2.24) is 5.32 Å². The van der Waals surface area contributed by atoms with Gasteiger partial charge in [0.1, 0.15) is 11.8 Å². The summed E-state index contributed by atoms with van der Waals surface area (Å²) < 4.78 is 22.3. The third-order valence-electron chi connectivity index (χ3n) is 1.56. The van der Waals surface area contributed by atoms with Crippen LogP contribution in [0.4, 0.5) is 0 Å². The Kier molecular flexibility index (Phi) is 5.55. The van der Waals surface area contributed by atoms with Crippen LogP contribution in [0.5, 0.6) is 0 Å². The van der Waals surface area contributed by atoms with Crippen molar-refractivity contribution >= 4 is 27.7 Å². The van der Waals surface area contributed by atoms with E-state index in [9.17, 15) is 22.8 Å². The number of sulfone groups is 1. The van der Waals surface area contributed by atoms with Gasteiger partial charge >= 0.3 is 17.9 Å². The van der Waals surface area contributed by atoms with E-state index in [1.807, 2.05) is 5.32 Å². The van der Waals surface area contributed by atoms with Crippen LogP contribution in [0.2, 0.25) is 0 Å². The van der Waals surface area contributed by atoms with E-state index < -0.39 is 51.8 Å². The van der Waals surface area contributed by atoms with Crippen molar-refractivity contribution in [3.63, 3.8) is 0 Å². The number of carboxylic acids is 3. The third kappa shape index (κ3) is 7.25. The van der Waals surface area contributed by atoms with E-state index in [1.165, 1.54) is 0 Å². The maximum absolute atomic E-state index is 11.2. The van der Waals surface area contributed by atoms with E-state index in [0.717, 1.165) is 0 Å². The van der Waals surface area contributed by atoms with E-state index in [2.05, 4.69) is 0 Å². The molecule has 0 aliphatic carbocycles. The molecule has 0 fully saturated rings. The summed E-state index contributed by atoms with van der Waals surface area (Å²) in [6.45, 7) is -0.737. The third-order valence-corrected chi connectivity index (χ3v) is 3.09. The van der Waals surface area contributed by atoms with Gasteiger partial charge in [-0.2, -0.15) is 0 Å². The first-order valence-corrected chi connectivity index (χ1v) is 6.06. The molecule has 0 aromatic heterocycles. The summed E-state index contributed by atoms with van der Waals surface area (Å²) in [6, 6.07) is -1.66. The van der Waals surface area contributed by atoms with E-state index in [-0.39, 0.29) is 0 Å². The standard InChI is InChI=1S/C7H11NO8S/c9-5(10)1-8-4(7(13)14)2-17(15,16)3-6(11)12/h4,8H,1-3H2,(H,9,10)(H,11,12)(H,13,14)/t4-/m0/s1. The fraction of sp³-hybridized carbons (Fsp3) is 0.571. The van der Waals surface area contributed by atoms with Crippen LogP contribution in [-0.4, -0.2) is 65.7 Å². The lowest BCUT2D eigenvalue weighted by atomic mass is 10.3. The van der Waals surface area contributed by atoms with Gasteiger partial charge in [-0.25, -0.2) is 8.42 Å². The smallest absolute Gasteiger partial charge is 0.321 e. The molecule has 4 N–H and O–H groups in total. The summed E-state index contributed by atoms with van der Waals surface area (Å²) in [6.07, 6.45) is 0. The number of carboxylic acid groups (broad SMARTS) is 3. The minimum Gasteiger partial charge on any atom is -0.480 e. The summed E-state index contributed by atoms with van der Waals surface area (Å²) in [5.74, 6) is -6.72. The number of rotatable bonds is 8. The van der Waals surface area contributed by atoms with Gasteiger partial charge in [-0.15, -0.1) is 0 Å². The Morgan fingerprint density at radius 2 is 1.59 bits per heavy atom. The second-order valence-corrected chi connectivity index (χ2v) is 5.22. The van der Waals surface area contributed by atoms with Gasteiger partial charge in [-0.1, -0.05) is 0 Å². The molecule has 0 amide bonds. The summed E-state index contributed by atoms with van der Waals surface area (Å²) in [5, 5.41) is 27.2. The van der Waals surface area contributed by atoms with Crippen molar-refractivity contribution in [2.24, 2.45) is 0 Å². The van der Waals surface area contributed by atoms with Crippen LogP contribution in [0.25, 0.3) is 0 Å². The minimum absolute atomic E-state index is 0.737. The molecule has 1 atom stereocenters. The number of nitrogens with one attached hydrogen (secondary N) is 1. The van der Waals surface area contributed by atoms with Gasteiger partial charge in [-0.05, 0) is 0 Å². The van der Waals surface area contributed by atoms with Gasteiger partial charge in [-0.3, -0.25) is 19.7 Å². The van der Waals surface area contributed by atoms with Crippen molar-refractivity contribution in [3.8, 4) is 0 Å². The number of hydrogen-bond donors (Lipinski definition) is 4. The van der Waals surface area contributed by atoms with E-state index in [0.29, 0.717) is 0 Å². The largest absolute Gasteiger partial charge is 0.480 e. The summed E-state index contributed by atoms with van der Waals surface area (Å²) in [7, 11) is -4.11. The first kappa shape index (κ1) is 15.3. The Bertz CT molecular complexity index is 414. The molecule has 10 heteroatoms. The molecule has 0 aliphatic heterocycles. The van der Waals surface area contributed by atoms with Gasteiger partial charge in [0.05, 0.1) is 12.3 Å². The van der Waals surface area contributed by atoms with Crippen molar-refractivity contribution in [3.05, 3.63) is 0 Å².